The maximum absolute atomic E-state index is 13.7. The predicted octanol–water partition coefficient (Wildman–Crippen LogP) is -3.32. The van der Waals surface area contributed by atoms with E-state index in [1.54, 1.807) is 43.3 Å². The zero-order valence-electron chi connectivity index (χ0n) is 36.0. The number of hydrogen-bond donors (Lipinski definition) is 11. The van der Waals surface area contributed by atoms with Gasteiger partial charge in [-0.15, -0.1) is 0 Å². The van der Waals surface area contributed by atoms with E-state index in [2.05, 4.69) is 0 Å². The molecule has 6 aliphatic heterocycles. The lowest BCUT2D eigenvalue weighted by atomic mass is 9.86. The molecule has 370 valence electrons. The summed E-state index contributed by atoms with van der Waals surface area (Å²) >= 11 is 0. The van der Waals surface area contributed by atoms with Crippen molar-refractivity contribution in [1.29, 1.82) is 0 Å². The van der Waals surface area contributed by atoms with Crippen LogP contribution in [0.1, 0.15) is 24.5 Å². The van der Waals surface area contributed by atoms with Gasteiger partial charge in [-0.25, -0.2) is 4.79 Å². The topological polar surface area (TPSA) is 349 Å². The molecule has 23 heteroatoms. The molecule has 17 unspecified atom stereocenters. The molecule has 3 saturated heterocycles. The number of hydrogen-bond acceptors (Lipinski definition) is 23. The number of rotatable bonds is 9. The summed E-state index contributed by atoms with van der Waals surface area (Å²) < 4.78 is 57.5. The van der Waals surface area contributed by atoms with E-state index in [0.717, 1.165) is 11.8 Å². The van der Waals surface area contributed by atoms with Crippen LogP contribution < -0.4 is 9.47 Å². The van der Waals surface area contributed by atoms with Gasteiger partial charge in [-0.1, -0.05) is 24.3 Å². The molecule has 8 rings (SSSR count). The van der Waals surface area contributed by atoms with Crippen LogP contribution >= 0.6 is 0 Å². The van der Waals surface area contributed by atoms with Gasteiger partial charge in [-0.05, 0) is 42.3 Å². The Balaban J connectivity index is 1.09. The summed E-state index contributed by atoms with van der Waals surface area (Å²) in [4.78, 5) is 27.3. The summed E-state index contributed by atoms with van der Waals surface area (Å²) in [5.74, 6) is -2.13. The van der Waals surface area contributed by atoms with Crippen molar-refractivity contribution < 1.29 is 113 Å². The van der Waals surface area contributed by atoms with Gasteiger partial charge in [0, 0.05) is 24.3 Å². The zero-order chi connectivity index (χ0) is 48.1. The highest BCUT2D eigenvalue weighted by Gasteiger charge is 2.52. The summed E-state index contributed by atoms with van der Waals surface area (Å²) in [6.45, 7) is -0.985. The van der Waals surface area contributed by atoms with Crippen molar-refractivity contribution >= 4 is 11.9 Å². The van der Waals surface area contributed by atoms with Crippen molar-refractivity contribution in [1.82, 2.24) is 0 Å². The quantitative estimate of drug-likeness (QED) is 0.0865. The van der Waals surface area contributed by atoms with Crippen LogP contribution in [0.15, 0.2) is 65.9 Å². The van der Waals surface area contributed by atoms with Gasteiger partial charge in [0.1, 0.15) is 79.0 Å². The summed E-state index contributed by atoms with van der Waals surface area (Å²) in [6.07, 6.45) is -24.1. The van der Waals surface area contributed by atoms with E-state index in [0.29, 0.717) is 11.3 Å². The Morgan fingerprint density at radius 1 is 0.642 bits per heavy atom. The number of ether oxygens (including phenoxy) is 10. The number of esters is 2. The van der Waals surface area contributed by atoms with Gasteiger partial charge in [0.2, 0.25) is 12.6 Å². The van der Waals surface area contributed by atoms with Crippen LogP contribution in [0.25, 0.3) is 0 Å². The van der Waals surface area contributed by atoms with Gasteiger partial charge in [0.05, 0.1) is 51.3 Å². The highest BCUT2D eigenvalue weighted by atomic mass is 16.8. The van der Waals surface area contributed by atoms with Gasteiger partial charge in [0.25, 0.3) is 0 Å². The Morgan fingerprint density at radius 2 is 1.21 bits per heavy atom. The first-order valence-electron chi connectivity index (χ1n) is 21.6. The van der Waals surface area contributed by atoms with Gasteiger partial charge >= 0.3 is 11.9 Å². The monoisotopic (exact) mass is 952 g/mol. The van der Waals surface area contributed by atoms with Crippen molar-refractivity contribution in [2.45, 2.75) is 125 Å². The number of benzene rings is 2. The maximum atomic E-state index is 13.7. The molecule has 3 fully saturated rings. The zero-order valence-corrected chi connectivity index (χ0v) is 36.0. The van der Waals surface area contributed by atoms with Crippen LogP contribution in [0.4, 0.5) is 0 Å². The van der Waals surface area contributed by atoms with E-state index in [1.165, 1.54) is 12.1 Å². The first-order chi connectivity index (χ1) is 32.1. The number of aliphatic hydroxyl groups excluding tert-OH is 11. The van der Waals surface area contributed by atoms with Crippen molar-refractivity contribution in [2.24, 2.45) is 5.92 Å². The molecule has 0 saturated carbocycles. The SMILES string of the molecule is CC=C1C(OC2OC(CO)C(O)C(OC3OC(CO)C(O)C(O)C3O)C2O)OC=C2C(=O)OCCc3ccc(cc3)Oc3cc(ccc3OC3OC(CO)C(O)C(O)C3O)CCOC(=O)CC21. The van der Waals surface area contributed by atoms with Crippen LogP contribution in [-0.4, -0.2) is 200 Å². The maximum Gasteiger partial charge on any atom is 0.337 e. The number of carbonyl (C=O) groups is 2. The van der Waals surface area contributed by atoms with Gasteiger partial charge in [0.15, 0.2) is 24.1 Å². The Labute approximate surface area is 382 Å². The van der Waals surface area contributed by atoms with E-state index in [4.69, 9.17) is 47.4 Å². The number of fused-ring (bicyclic) bond motifs is 9. The van der Waals surface area contributed by atoms with Crippen LogP contribution in [0.3, 0.4) is 0 Å². The normalized spacial score (nSPS) is 38.2. The summed E-state index contributed by atoms with van der Waals surface area (Å²) in [5, 5.41) is 114. The molecule has 0 aromatic heterocycles. The number of aliphatic hydroxyl groups is 11. The average molecular weight is 953 g/mol. The van der Waals surface area contributed by atoms with Crippen LogP contribution in [0.5, 0.6) is 17.2 Å². The molecule has 23 nitrogen and oxygen atoms in total. The van der Waals surface area contributed by atoms with Gasteiger partial charge in [-0.3, -0.25) is 4.79 Å². The molecular weight excluding hydrogens is 896 g/mol. The Bertz CT molecular complexity index is 2040. The first kappa shape index (κ1) is 50.5. The lowest BCUT2D eigenvalue weighted by Crippen LogP contribution is -2.65. The molecule has 0 spiro atoms. The van der Waals surface area contributed by atoms with E-state index < -0.39 is 143 Å². The molecule has 0 radical (unpaired) electrons. The first-order valence-corrected chi connectivity index (χ1v) is 21.6. The molecule has 2 aromatic rings. The van der Waals surface area contributed by atoms with E-state index in [1.807, 2.05) is 0 Å². The Hall–Kier alpha value is -4.38. The van der Waals surface area contributed by atoms with Crippen molar-refractivity contribution in [3.63, 3.8) is 0 Å². The third kappa shape index (κ3) is 11.2. The minimum absolute atomic E-state index is 0.0625. The van der Waals surface area contributed by atoms with Crippen LogP contribution in [-0.2, 0) is 60.3 Å². The standard InChI is InChI=1S/C44H56O23/c1-2-22-23-14-30(48)58-11-10-20-5-8-25(62-42-36(54)34(52)31(49)27(15-45)63-42)26(13-20)61-21-6-3-19(4-7-21)9-12-59-40(57)24(23)18-60-41(22)67-44-38(56)39(33(51)29(17-47)65-44)66-43-37(55)35(53)32(50)28(16-46)64-43/h2-8,13,18,23,27-29,31-39,41-47,49-56H,9-12,14-17H2,1H3. The largest absolute Gasteiger partial charge is 0.468 e. The second-order valence-electron chi connectivity index (χ2n) is 16.4. The molecule has 11 N–H and O–H groups in total. The van der Waals surface area contributed by atoms with E-state index >= 15 is 0 Å². The lowest BCUT2D eigenvalue weighted by molar-refractivity contribution is -0.369. The van der Waals surface area contributed by atoms with E-state index in [-0.39, 0.29) is 48.7 Å². The molecule has 6 aliphatic rings. The fraction of sp³-hybridized carbons (Fsp3) is 0.591. The van der Waals surface area contributed by atoms with Gasteiger partial charge in [-0.2, -0.15) is 0 Å². The number of allylic oxidation sites excluding steroid dienone is 1. The number of carbonyl (C=O) groups excluding carboxylic acids is 2. The fourth-order valence-corrected chi connectivity index (χ4v) is 8.17. The third-order valence-corrected chi connectivity index (χ3v) is 12.1. The molecule has 4 bridgehead atoms. The predicted molar refractivity (Wildman–Crippen MR) is 219 cm³/mol. The average Bonchev–Trinajstić information content (AvgIpc) is 3.32. The van der Waals surface area contributed by atoms with E-state index in [9.17, 15) is 65.8 Å². The minimum atomic E-state index is -1.92. The second-order valence-corrected chi connectivity index (χ2v) is 16.4. The van der Waals surface area contributed by atoms with Crippen molar-refractivity contribution in [2.75, 3.05) is 33.0 Å². The molecule has 6 heterocycles. The lowest BCUT2D eigenvalue weighted by Gasteiger charge is -2.46. The highest BCUT2D eigenvalue weighted by molar-refractivity contribution is 5.91. The van der Waals surface area contributed by atoms with Crippen LogP contribution in [0.2, 0.25) is 0 Å². The van der Waals surface area contributed by atoms with Gasteiger partial charge < -0.3 is 104 Å². The minimum Gasteiger partial charge on any atom is -0.468 e. The summed E-state index contributed by atoms with van der Waals surface area (Å²) in [6, 6.07) is 11.5. The highest BCUT2D eigenvalue weighted by Crippen LogP contribution is 2.39. The molecule has 2 aromatic carbocycles. The molecule has 0 amide bonds. The molecule has 17 atom stereocenters. The fourth-order valence-electron chi connectivity index (χ4n) is 8.17. The Morgan fingerprint density at radius 3 is 1.85 bits per heavy atom. The van der Waals surface area contributed by atoms with Crippen LogP contribution in [0, 0.1) is 5.92 Å². The molecule has 67 heavy (non-hydrogen) atoms. The smallest absolute Gasteiger partial charge is 0.337 e. The van der Waals surface area contributed by atoms with Crippen molar-refractivity contribution in [3.05, 3.63) is 77.1 Å². The third-order valence-electron chi connectivity index (χ3n) is 12.1. The Kier molecular flexibility index (Phi) is 16.9. The van der Waals surface area contributed by atoms with Crippen molar-refractivity contribution in [3.8, 4) is 17.2 Å². The summed E-state index contributed by atoms with van der Waals surface area (Å²) in [7, 11) is 0. The molecule has 0 aliphatic carbocycles. The summed E-state index contributed by atoms with van der Waals surface area (Å²) in [5.41, 5.74) is 1.44. The molecular formula is C44H56O23. The second kappa shape index (κ2) is 22.4.